The third kappa shape index (κ3) is 4.81. The third-order valence-corrected chi connectivity index (χ3v) is 3.47. The molecule has 0 fully saturated rings. The van der Waals surface area contributed by atoms with E-state index >= 15 is 0 Å². The number of fused-ring (bicyclic) bond motifs is 1. The fourth-order valence-corrected chi connectivity index (χ4v) is 2.53. The van der Waals surface area contributed by atoms with E-state index in [0.717, 1.165) is 17.5 Å². The number of hydrogen-bond acceptors (Lipinski definition) is 3. The lowest BCUT2D eigenvalue weighted by Gasteiger charge is -2.21. The predicted octanol–water partition coefficient (Wildman–Crippen LogP) is 2.37. The van der Waals surface area contributed by atoms with E-state index in [1.54, 1.807) is 0 Å². The van der Waals surface area contributed by atoms with Gasteiger partial charge < -0.3 is 15.2 Å². The largest absolute Gasteiger partial charge is 0.350 e. The second-order valence-electron chi connectivity index (χ2n) is 6.93. The van der Waals surface area contributed by atoms with Gasteiger partial charge in [0, 0.05) is 12.0 Å². The zero-order valence-electron chi connectivity index (χ0n) is 14.8. The minimum Gasteiger partial charge on any atom is -0.350 e. The van der Waals surface area contributed by atoms with Crippen LogP contribution in [-0.4, -0.2) is 26.9 Å². The number of hydrogen-bond donors (Lipinski definition) is 2. The third-order valence-electron chi connectivity index (χ3n) is 3.47. The molecule has 2 aromatic rings. The number of para-hydroxylation sites is 2. The Balaban J connectivity index is 2.23. The van der Waals surface area contributed by atoms with Crippen molar-refractivity contribution in [3.63, 3.8) is 0 Å². The van der Waals surface area contributed by atoms with Gasteiger partial charge in [-0.15, -0.1) is 0 Å². The summed E-state index contributed by atoms with van der Waals surface area (Å²) in [6.45, 7) is 8.30. The molecule has 0 aliphatic rings. The average molecular weight is 330 g/mol. The van der Waals surface area contributed by atoms with E-state index in [2.05, 4.69) is 15.6 Å². The minimum atomic E-state index is -0.289. The van der Waals surface area contributed by atoms with Gasteiger partial charge in [-0.3, -0.25) is 9.59 Å². The zero-order valence-corrected chi connectivity index (χ0v) is 14.8. The predicted molar refractivity (Wildman–Crippen MR) is 94.4 cm³/mol. The SMILES string of the molecule is CCCC(=O)NCc1nc2ccccc2n1CC(=O)NC(C)(C)C. The van der Waals surface area contributed by atoms with Crippen LogP contribution in [-0.2, 0) is 22.7 Å². The summed E-state index contributed by atoms with van der Waals surface area (Å²) in [5.74, 6) is 0.603. The Labute approximate surface area is 142 Å². The van der Waals surface area contributed by atoms with E-state index in [1.807, 2.05) is 56.5 Å². The molecule has 1 aromatic carbocycles. The van der Waals surface area contributed by atoms with Crippen molar-refractivity contribution in [1.82, 2.24) is 20.2 Å². The first kappa shape index (κ1) is 18.0. The van der Waals surface area contributed by atoms with Gasteiger partial charge in [0.1, 0.15) is 12.4 Å². The van der Waals surface area contributed by atoms with Gasteiger partial charge >= 0.3 is 0 Å². The van der Waals surface area contributed by atoms with Gasteiger partial charge in [-0.05, 0) is 39.3 Å². The van der Waals surface area contributed by atoms with Crippen molar-refractivity contribution in [2.75, 3.05) is 0 Å². The fourth-order valence-electron chi connectivity index (χ4n) is 2.53. The lowest BCUT2D eigenvalue weighted by atomic mass is 10.1. The Hall–Kier alpha value is -2.37. The molecule has 0 unspecified atom stereocenters. The van der Waals surface area contributed by atoms with Gasteiger partial charge in [-0.25, -0.2) is 4.98 Å². The van der Waals surface area contributed by atoms with Crippen LogP contribution >= 0.6 is 0 Å². The van der Waals surface area contributed by atoms with Gasteiger partial charge in [0.15, 0.2) is 0 Å². The summed E-state index contributed by atoms with van der Waals surface area (Å²) < 4.78 is 1.86. The second-order valence-corrected chi connectivity index (χ2v) is 6.93. The summed E-state index contributed by atoms with van der Waals surface area (Å²) in [7, 11) is 0. The first-order valence-electron chi connectivity index (χ1n) is 8.32. The van der Waals surface area contributed by atoms with Crippen molar-refractivity contribution >= 4 is 22.8 Å². The molecule has 130 valence electrons. The quantitative estimate of drug-likeness (QED) is 0.854. The summed E-state index contributed by atoms with van der Waals surface area (Å²) in [6.07, 6.45) is 1.29. The molecule has 2 N–H and O–H groups in total. The van der Waals surface area contributed by atoms with Crippen molar-refractivity contribution in [1.29, 1.82) is 0 Å². The van der Waals surface area contributed by atoms with Crippen LogP contribution in [0, 0.1) is 0 Å². The molecule has 24 heavy (non-hydrogen) atoms. The normalized spacial score (nSPS) is 11.5. The molecule has 1 heterocycles. The number of benzene rings is 1. The summed E-state index contributed by atoms with van der Waals surface area (Å²) in [4.78, 5) is 28.6. The Kier molecular flexibility index (Phi) is 5.59. The van der Waals surface area contributed by atoms with Gasteiger partial charge in [0.05, 0.1) is 17.6 Å². The van der Waals surface area contributed by atoms with Gasteiger partial charge in [0.2, 0.25) is 11.8 Å². The first-order chi connectivity index (χ1) is 11.3. The molecule has 0 radical (unpaired) electrons. The molecular formula is C18H26N4O2. The first-order valence-corrected chi connectivity index (χ1v) is 8.32. The number of rotatable bonds is 6. The molecular weight excluding hydrogens is 304 g/mol. The molecule has 0 saturated heterocycles. The number of carbonyl (C=O) groups is 2. The Morgan fingerprint density at radius 3 is 2.54 bits per heavy atom. The summed E-state index contributed by atoms with van der Waals surface area (Å²) >= 11 is 0. The molecule has 0 bridgehead atoms. The van der Waals surface area contributed by atoms with E-state index < -0.39 is 0 Å². The number of nitrogens with one attached hydrogen (secondary N) is 2. The molecule has 0 aliphatic heterocycles. The van der Waals surface area contributed by atoms with E-state index in [9.17, 15) is 9.59 Å². The molecule has 0 spiro atoms. The van der Waals surface area contributed by atoms with Crippen LogP contribution in [0.25, 0.3) is 11.0 Å². The lowest BCUT2D eigenvalue weighted by molar-refractivity contribution is -0.123. The van der Waals surface area contributed by atoms with Crippen LogP contribution in [0.4, 0.5) is 0 Å². The Bertz CT molecular complexity index is 728. The smallest absolute Gasteiger partial charge is 0.240 e. The summed E-state index contributed by atoms with van der Waals surface area (Å²) in [5.41, 5.74) is 1.42. The van der Waals surface area contributed by atoms with Gasteiger partial charge in [-0.1, -0.05) is 19.1 Å². The van der Waals surface area contributed by atoms with E-state index in [4.69, 9.17) is 0 Å². The highest BCUT2D eigenvalue weighted by molar-refractivity contribution is 5.81. The highest BCUT2D eigenvalue weighted by Gasteiger charge is 2.17. The monoisotopic (exact) mass is 330 g/mol. The molecule has 2 amide bonds. The van der Waals surface area contributed by atoms with Crippen molar-refractivity contribution in [3.8, 4) is 0 Å². The second kappa shape index (κ2) is 7.47. The van der Waals surface area contributed by atoms with Crippen molar-refractivity contribution in [3.05, 3.63) is 30.1 Å². The van der Waals surface area contributed by atoms with Crippen molar-refractivity contribution in [2.45, 2.75) is 59.2 Å². The highest BCUT2D eigenvalue weighted by atomic mass is 16.2. The molecule has 0 saturated carbocycles. The maximum atomic E-state index is 12.3. The molecule has 1 aromatic heterocycles. The fraction of sp³-hybridized carbons (Fsp3) is 0.500. The zero-order chi connectivity index (χ0) is 17.7. The Morgan fingerprint density at radius 2 is 1.88 bits per heavy atom. The van der Waals surface area contributed by atoms with Gasteiger partial charge in [0.25, 0.3) is 0 Å². The van der Waals surface area contributed by atoms with E-state index in [1.165, 1.54) is 0 Å². The number of amides is 2. The molecule has 0 aliphatic carbocycles. The van der Waals surface area contributed by atoms with Crippen LogP contribution in [0.15, 0.2) is 24.3 Å². The topological polar surface area (TPSA) is 76.0 Å². The summed E-state index contributed by atoms with van der Waals surface area (Å²) in [6, 6.07) is 7.67. The van der Waals surface area contributed by atoms with Crippen LogP contribution < -0.4 is 10.6 Å². The highest BCUT2D eigenvalue weighted by Crippen LogP contribution is 2.16. The average Bonchev–Trinajstić information content (AvgIpc) is 2.82. The van der Waals surface area contributed by atoms with Crippen LogP contribution in [0.5, 0.6) is 0 Å². The molecule has 6 heteroatoms. The Morgan fingerprint density at radius 1 is 1.17 bits per heavy atom. The number of imidazole rings is 1. The minimum absolute atomic E-state index is 0.00440. The van der Waals surface area contributed by atoms with E-state index in [-0.39, 0.29) is 23.9 Å². The van der Waals surface area contributed by atoms with Crippen molar-refractivity contribution < 1.29 is 9.59 Å². The number of aromatic nitrogens is 2. The maximum Gasteiger partial charge on any atom is 0.240 e. The van der Waals surface area contributed by atoms with Gasteiger partial charge in [-0.2, -0.15) is 0 Å². The van der Waals surface area contributed by atoms with Crippen LogP contribution in [0.1, 0.15) is 46.4 Å². The molecule has 2 rings (SSSR count). The maximum absolute atomic E-state index is 12.3. The van der Waals surface area contributed by atoms with E-state index in [0.29, 0.717) is 18.8 Å². The molecule has 0 atom stereocenters. The molecule has 6 nitrogen and oxygen atoms in total. The van der Waals surface area contributed by atoms with Crippen LogP contribution in [0.2, 0.25) is 0 Å². The number of nitrogens with zero attached hydrogens (tertiary/aromatic N) is 2. The number of carbonyl (C=O) groups excluding carboxylic acids is 2. The standard InChI is InChI=1S/C18H26N4O2/c1-5-8-16(23)19-11-15-20-13-9-6-7-10-14(13)22(15)12-17(24)21-18(2,3)4/h6-7,9-10H,5,8,11-12H2,1-4H3,(H,19,23)(H,21,24). The van der Waals surface area contributed by atoms with Crippen LogP contribution in [0.3, 0.4) is 0 Å². The summed E-state index contributed by atoms with van der Waals surface area (Å²) in [5, 5.41) is 5.83. The lowest BCUT2D eigenvalue weighted by Crippen LogP contribution is -2.42. The van der Waals surface area contributed by atoms with Crippen molar-refractivity contribution in [2.24, 2.45) is 0 Å².